The summed E-state index contributed by atoms with van der Waals surface area (Å²) in [4.78, 5) is 2.14. The summed E-state index contributed by atoms with van der Waals surface area (Å²) in [5.74, 6) is 0.299. The summed E-state index contributed by atoms with van der Waals surface area (Å²) >= 11 is 0. The van der Waals surface area contributed by atoms with E-state index in [4.69, 9.17) is 5.73 Å². The van der Waals surface area contributed by atoms with E-state index in [1.165, 1.54) is 0 Å². The lowest BCUT2D eigenvalue weighted by atomic mass is 10.1. The van der Waals surface area contributed by atoms with E-state index in [2.05, 4.69) is 11.0 Å². The molecule has 0 aromatic heterocycles. The van der Waals surface area contributed by atoms with Gasteiger partial charge in [0.25, 0.3) is 0 Å². The van der Waals surface area contributed by atoms with Crippen molar-refractivity contribution in [3.8, 4) is 5.75 Å². The van der Waals surface area contributed by atoms with Crippen molar-refractivity contribution < 1.29 is 5.11 Å². The van der Waals surface area contributed by atoms with Gasteiger partial charge in [-0.15, -0.1) is 0 Å². The molecule has 0 bridgehead atoms. The summed E-state index contributed by atoms with van der Waals surface area (Å²) in [7, 11) is 2.03. The molecule has 0 saturated carbocycles. The molecular weight excluding hydrogens is 224 g/mol. The highest BCUT2D eigenvalue weighted by atomic mass is 16.3. The lowest BCUT2D eigenvalue weighted by Gasteiger charge is -2.22. The van der Waals surface area contributed by atoms with Crippen LogP contribution in [0.3, 0.4) is 0 Å². The van der Waals surface area contributed by atoms with Gasteiger partial charge in [-0.05, 0) is 29.3 Å². The fourth-order valence-corrected chi connectivity index (χ4v) is 2.07. The van der Waals surface area contributed by atoms with Crippen LogP contribution in [-0.4, -0.2) is 12.2 Å². The number of phenols is 1. The van der Waals surface area contributed by atoms with Crippen LogP contribution in [0.15, 0.2) is 48.5 Å². The molecule has 0 heterocycles. The highest BCUT2D eigenvalue weighted by Crippen LogP contribution is 2.21. The third-order valence-corrected chi connectivity index (χ3v) is 2.95. The lowest BCUT2D eigenvalue weighted by Crippen LogP contribution is -2.18. The van der Waals surface area contributed by atoms with E-state index in [0.29, 0.717) is 12.3 Å². The lowest BCUT2D eigenvalue weighted by molar-refractivity contribution is 0.474. The van der Waals surface area contributed by atoms with Crippen LogP contribution in [0.1, 0.15) is 11.1 Å². The van der Waals surface area contributed by atoms with E-state index >= 15 is 0 Å². The Morgan fingerprint density at radius 2 is 1.89 bits per heavy atom. The Hall–Kier alpha value is -2.00. The smallest absolute Gasteiger partial charge is 0.115 e. The number of anilines is 1. The SMILES string of the molecule is CN(Cc1cccc(O)c1)c1ccccc1CN. The third-order valence-electron chi connectivity index (χ3n) is 2.95. The first kappa shape index (κ1) is 12.5. The molecule has 3 nitrogen and oxygen atoms in total. The van der Waals surface area contributed by atoms with Gasteiger partial charge < -0.3 is 15.7 Å². The highest BCUT2D eigenvalue weighted by Gasteiger charge is 2.06. The van der Waals surface area contributed by atoms with Gasteiger partial charge in [-0.25, -0.2) is 0 Å². The van der Waals surface area contributed by atoms with Crippen LogP contribution in [0.4, 0.5) is 5.69 Å². The Morgan fingerprint density at radius 1 is 1.11 bits per heavy atom. The molecule has 0 fully saturated rings. The van der Waals surface area contributed by atoms with Gasteiger partial charge in [-0.1, -0.05) is 30.3 Å². The number of aromatic hydroxyl groups is 1. The first-order chi connectivity index (χ1) is 8.70. The maximum absolute atomic E-state index is 9.46. The summed E-state index contributed by atoms with van der Waals surface area (Å²) in [5, 5.41) is 9.46. The second-order valence-electron chi connectivity index (χ2n) is 4.36. The minimum Gasteiger partial charge on any atom is -0.508 e. The fraction of sp³-hybridized carbons (Fsp3) is 0.200. The minimum absolute atomic E-state index is 0.299. The molecule has 3 N–H and O–H groups in total. The quantitative estimate of drug-likeness (QED) is 0.866. The Bertz CT molecular complexity index is 525. The predicted octanol–water partition coefficient (Wildman–Crippen LogP) is 2.49. The predicted molar refractivity (Wildman–Crippen MR) is 74.5 cm³/mol. The van der Waals surface area contributed by atoms with E-state index in [9.17, 15) is 5.11 Å². The van der Waals surface area contributed by atoms with Crippen LogP contribution in [0.5, 0.6) is 5.75 Å². The Morgan fingerprint density at radius 3 is 2.61 bits per heavy atom. The van der Waals surface area contributed by atoms with Crippen molar-refractivity contribution in [2.24, 2.45) is 5.73 Å². The highest BCUT2D eigenvalue weighted by molar-refractivity contribution is 5.53. The van der Waals surface area contributed by atoms with Crippen molar-refractivity contribution >= 4 is 5.69 Å². The molecule has 0 amide bonds. The zero-order valence-electron chi connectivity index (χ0n) is 10.5. The van der Waals surface area contributed by atoms with Gasteiger partial charge in [-0.3, -0.25) is 0 Å². The number of para-hydroxylation sites is 1. The molecule has 0 atom stereocenters. The van der Waals surface area contributed by atoms with Gasteiger partial charge in [-0.2, -0.15) is 0 Å². The molecule has 0 spiro atoms. The minimum atomic E-state index is 0.299. The Balaban J connectivity index is 2.19. The average molecular weight is 242 g/mol. The third kappa shape index (κ3) is 2.81. The second-order valence-corrected chi connectivity index (χ2v) is 4.36. The van der Waals surface area contributed by atoms with Gasteiger partial charge in [0, 0.05) is 25.8 Å². The first-order valence-corrected chi connectivity index (χ1v) is 5.97. The summed E-state index contributed by atoms with van der Waals surface area (Å²) in [6.07, 6.45) is 0. The molecule has 0 aliphatic carbocycles. The van der Waals surface area contributed by atoms with Crippen molar-refractivity contribution in [1.82, 2.24) is 0 Å². The van der Waals surface area contributed by atoms with Gasteiger partial charge in [0.05, 0.1) is 0 Å². The maximum atomic E-state index is 9.46. The van der Waals surface area contributed by atoms with Crippen LogP contribution in [0.25, 0.3) is 0 Å². The molecule has 94 valence electrons. The monoisotopic (exact) mass is 242 g/mol. The number of nitrogens with zero attached hydrogens (tertiary/aromatic N) is 1. The Labute approximate surface area is 107 Å². The summed E-state index contributed by atoms with van der Waals surface area (Å²) in [6, 6.07) is 15.4. The topological polar surface area (TPSA) is 49.5 Å². The van der Waals surface area contributed by atoms with Gasteiger partial charge >= 0.3 is 0 Å². The van der Waals surface area contributed by atoms with Crippen molar-refractivity contribution in [2.45, 2.75) is 13.1 Å². The number of nitrogens with two attached hydrogens (primary N) is 1. The molecule has 2 aromatic carbocycles. The van der Waals surface area contributed by atoms with Gasteiger partial charge in [0.15, 0.2) is 0 Å². The van der Waals surface area contributed by atoms with Gasteiger partial charge in [0.1, 0.15) is 5.75 Å². The van der Waals surface area contributed by atoms with Crippen LogP contribution in [-0.2, 0) is 13.1 Å². The standard InChI is InChI=1S/C15H18N2O/c1-17(11-12-5-4-7-14(18)9-12)15-8-3-2-6-13(15)10-16/h2-9,18H,10-11,16H2,1H3. The molecule has 18 heavy (non-hydrogen) atoms. The van der Waals surface area contributed by atoms with E-state index in [1.807, 2.05) is 37.4 Å². The average Bonchev–Trinajstić information content (AvgIpc) is 2.38. The van der Waals surface area contributed by atoms with Crippen molar-refractivity contribution in [3.05, 3.63) is 59.7 Å². The van der Waals surface area contributed by atoms with Crippen LogP contribution in [0, 0.1) is 0 Å². The van der Waals surface area contributed by atoms with E-state index in [-0.39, 0.29) is 0 Å². The van der Waals surface area contributed by atoms with E-state index < -0.39 is 0 Å². The number of hydrogen-bond donors (Lipinski definition) is 2. The largest absolute Gasteiger partial charge is 0.508 e. The first-order valence-electron chi connectivity index (χ1n) is 5.97. The summed E-state index contributed by atoms with van der Waals surface area (Å²) < 4.78 is 0. The zero-order chi connectivity index (χ0) is 13.0. The van der Waals surface area contributed by atoms with Crippen molar-refractivity contribution in [3.63, 3.8) is 0 Å². The molecular formula is C15H18N2O. The second kappa shape index (κ2) is 5.56. The molecule has 2 aromatic rings. The molecule has 0 aliphatic rings. The normalized spacial score (nSPS) is 10.3. The van der Waals surface area contributed by atoms with Crippen LogP contribution < -0.4 is 10.6 Å². The summed E-state index contributed by atoms with van der Waals surface area (Å²) in [6.45, 7) is 1.27. The van der Waals surface area contributed by atoms with E-state index in [1.54, 1.807) is 12.1 Å². The zero-order valence-corrected chi connectivity index (χ0v) is 10.5. The molecule has 0 radical (unpaired) electrons. The number of benzene rings is 2. The van der Waals surface area contributed by atoms with Crippen molar-refractivity contribution in [1.29, 1.82) is 0 Å². The molecule has 3 heteroatoms. The summed E-state index contributed by atoms with van der Waals surface area (Å²) in [5.41, 5.74) is 9.07. The molecule has 0 unspecified atom stereocenters. The van der Waals surface area contributed by atoms with Crippen LogP contribution >= 0.6 is 0 Å². The Kier molecular flexibility index (Phi) is 3.85. The van der Waals surface area contributed by atoms with Crippen LogP contribution in [0.2, 0.25) is 0 Å². The molecule has 0 saturated heterocycles. The molecule has 2 rings (SSSR count). The molecule has 0 aliphatic heterocycles. The number of hydrogen-bond acceptors (Lipinski definition) is 3. The number of phenolic OH excluding ortho intramolecular Hbond substituents is 1. The number of rotatable bonds is 4. The maximum Gasteiger partial charge on any atom is 0.115 e. The van der Waals surface area contributed by atoms with E-state index in [0.717, 1.165) is 23.4 Å². The van der Waals surface area contributed by atoms with Crippen molar-refractivity contribution in [2.75, 3.05) is 11.9 Å². The van der Waals surface area contributed by atoms with Gasteiger partial charge in [0.2, 0.25) is 0 Å². The fourth-order valence-electron chi connectivity index (χ4n) is 2.07.